The van der Waals surface area contributed by atoms with E-state index in [0.717, 1.165) is 12.2 Å². The largest absolute Gasteiger partial charge is 0.393 e. The number of aliphatic hydroxyl groups excluding tert-OH is 1. The quantitative estimate of drug-likeness (QED) is 0.900. The number of aromatic nitrogens is 1. The Morgan fingerprint density at radius 1 is 1.29 bits per heavy atom. The predicted octanol–water partition coefficient (Wildman–Crippen LogP) is 2.68. The van der Waals surface area contributed by atoms with Gasteiger partial charge in [0.1, 0.15) is 11.4 Å². The second-order valence-corrected chi connectivity index (χ2v) is 6.57. The van der Waals surface area contributed by atoms with Gasteiger partial charge in [-0.1, -0.05) is 29.8 Å². The number of nitrogens with zero attached hydrogens (tertiary/aromatic N) is 2. The summed E-state index contributed by atoms with van der Waals surface area (Å²) in [5.74, 6) is -0.273. The molecular formula is C18H20ClFN2O2. The lowest BCUT2D eigenvalue weighted by Crippen LogP contribution is -2.55. The minimum absolute atomic E-state index is 0.161. The number of aliphatic hydroxyl groups is 1. The summed E-state index contributed by atoms with van der Waals surface area (Å²) in [6.07, 6.45) is 1.96. The van der Waals surface area contributed by atoms with Gasteiger partial charge in [0.25, 0.3) is 0 Å². The van der Waals surface area contributed by atoms with E-state index in [9.17, 15) is 9.50 Å². The van der Waals surface area contributed by atoms with E-state index in [2.05, 4.69) is 9.88 Å². The van der Waals surface area contributed by atoms with Gasteiger partial charge in [0.05, 0.1) is 23.9 Å². The average Bonchev–Trinajstić information content (AvgIpc) is 2.59. The number of morpholine rings is 1. The number of ether oxygens (including phenoxy) is 1. The van der Waals surface area contributed by atoms with Gasteiger partial charge in [0.15, 0.2) is 0 Å². The van der Waals surface area contributed by atoms with Gasteiger partial charge in [-0.3, -0.25) is 9.88 Å². The number of hydrogen-bond acceptors (Lipinski definition) is 4. The van der Waals surface area contributed by atoms with Crippen molar-refractivity contribution in [1.82, 2.24) is 9.88 Å². The molecule has 6 heteroatoms. The van der Waals surface area contributed by atoms with E-state index < -0.39 is 5.60 Å². The molecule has 1 fully saturated rings. The lowest BCUT2D eigenvalue weighted by Gasteiger charge is -2.41. The third-order valence-corrected chi connectivity index (χ3v) is 4.48. The van der Waals surface area contributed by atoms with Gasteiger partial charge >= 0.3 is 0 Å². The van der Waals surface area contributed by atoms with Crippen molar-refractivity contribution in [2.24, 2.45) is 0 Å². The first-order valence-corrected chi connectivity index (χ1v) is 8.29. The average molecular weight is 351 g/mol. The molecule has 1 atom stereocenters. The molecule has 2 aromatic rings. The van der Waals surface area contributed by atoms with Crippen molar-refractivity contribution in [3.05, 3.63) is 64.7 Å². The fraction of sp³-hybridized carbons (Fsp3) is 0.389. The summed E-state index contributed by atoms with van der Waals surface area (Å²) in [7, 11) is 0. The summed E-state index contributed by atoms with van der Waals surface area (Å²) in [5, 5.41) is 10.5. The van der Waals surface area contributed by atoms with Crippen molar-refractivity contribution in [1.29, 1.82) is 0 Å². The van der Waals surface area contributed by atoms with Crippen LogP contribution < -0.4 is 0 Å². The summed E-state index contributed by atoms with van der Waals surface area (Å²) in [5.41, 5.74) is 0.657. The third kappa shape index (κ3) is 4.11. The smallest absolute Gasteiger partial charge is 0.126 e. The Hall–Kier alpha value is -1.53. The van der Waals surface area contributed by atoms with Crippen LogP contribution in [0.2, 0.25) is 5.02 Å². The van der Waals surface area contributed by atoms with E-state index in [4.69, 9.17) is 16.3 Å². The van der Waals surface area contributed by atoms with Gasteiger partial charge in [0.2, 0.25) is 0 Å². The first-order valence-electron chi connectivity index (χ1n) is 7.91. The van der Waals surface area contributed by atoms with Crippen molar-refractivity contribution in [3.8, 4) is 0 Å². The minimum atomic E-state index is -0.799. The van der Waals surface area contributed by atoms with Crippen LogP contribution in [-0.2, 0) is 17.7 Å². The number of rotatable bonds is 5. The topological polar surface area (TPSA) is 45.6 Å². The maximum Gasteiger partial charge on any atom is 0.126 e. The molecule has 1 aliphatic heterocycles. The van der Waals surface area contributed by atoms with Gasteiger partial charge in [-0.25, -0.2) is 4.39 Å². The second kappa shape index (κ2) is 7.57. The zero-order chi connectivity index (χ0) is 17.0. The van der Waals surface area contributed by atoms with Crippen LogP contribution in [0.15, 0.2) is 42.6 Å². The molecule has 4 nitrogen and oxygen atoms in total. The molecule has 2 heterocycles. The Morgan fingerprint density at radius 3 is 2.83 bits per heavy atom. The third-order valence-electron chi connectivity index (χ3n) is 4.26. The minimum Gasteiger partial charge on any atom is -0.393 e. The lowest BCUT2D eigenvalue weighted by molar-refractivity contribution is -0.134. The first-order chi connectivity index (χ1) is 11.6. The predicted molar refractivity (Wildman–Crippen MR) is 90.4 cm³/mol. The van der Waals surface area contributed by atoms with Gasteiger partial charge in [-0.15, -0.1) is 0 Å². The van der Waals surface area contributed by atoms with Crippen LogP contribution in [0.3, 0.4) is 0 Å². The van der Waals surface area contributed by atoms with Gasteiger partial charge < -0.3 is 9.84 Å². The Bertz CT molecular complexity index is 683. The molecule has 1 saturated heterocycles. The van der Waals surface area contributed by atoms with Crippen molar-refractivity contribution >= 4 is 11.6 Å². The molecule has 24 heavy (non-hydrogen) atoms. The Morgan fingerprint density at radius 2 is 2.12 bits per heavy atom. The molecule has 3 rings (SSSR count). The maximum absolute atomic E-state index is 14.0. The zero-order valence-electron chi connectivity index (χ0n) is 13.3. The van der Waals surface area contributed by atoms with Crippen LogP contribution >= 0.6 is 11.6 Å². The van der Waals surface area contributed by atoms with Crippen molar-refractivity contribution in [2.45, 2.75) is 18.6 Å². The Labute approximate surface area is 145 Å². The molecule has 1 aromatic carbocycles. The van der Waals surface area contributed by atoms with Crippen LogP contribution in [-0.4, -0.2) is 46.9 Å². The highest BCUT2D eigenvalue weighted by molar-refractivity contribution is 6.30. The van der Waals surface area contributed by atoms with Gasteiger partial charge in [-0.2, -0.15) is 0 Å². The number of benzene rings is 1. The van der Waals surface area contributed by atoms with Crippen LogP contribution in [0.25, 0.3) is 0 Å². The van der Waals surface area contributed by atoms with Crippen LogP contribution in [0.5, 0.6) is 0 Å². The molecule has 0 spiro atoms. The van der Waals surface area contributed by atoms with Crippen molar-refractivity contribution < 1.29 is 14.2 Å². The highest BCUT2D eigenvalue weighted by Gasteiger charge is 2.37. The van der Waals surface area contributed by atoms with E-state index in [1.54, 1.807) is 24.4 Å². The van der Waals surface area contributed by atoms with E-state index in [-0.39, 0.29) is 12.4 Å². The molecular weight excluding hydrogens is 331 g/mol. The molecule has 0 aliphatic carbocycles. The fourth-order valence-corrected chi connectivity index (χ4v) is 3.15. The zero-order valence-corrected chi connectivity index (χ0v) is 14.0. The molecule has 1 aromatic heterocycles. The molecule has 0 bridgehead atoms. The second-order valence-electron chi connectivity index (χ2n) is 6.14. The Kier molecular flexibility index (Phi) is 5.46. The number of pyridine rings is 1. The highest BCUT2D eigenvalue weighted by Crippen LogP contribution is 2.25. The van der Waals surface area contributed by atoms with E-state index in [1.807, 2.05) is 12.1 Å². The number of hydrogen-bond donors (Lipinski definition) is 1. The van der Waals surface area contributed by atoms with Gasteiger partial charge in [0, 0.05) is 32.3 Å². The van der Waals surface area contributed by atoms with E-state index >= 15 is 0 Å². The monoisotopic (exact) mass is 350 g/mol. The fourth-order valence-electron chi connectivity index (χ4n) is 3.03. The SMILES string of the molecule is OC[C@@]1(Cc2ccccc2F)CN(Cc2ccc(Cl)cn2)CCO1. The molecule has 128 valence electrons. The molecule has 1 aliphatic rings. The summed E-state index contributed by atoms with van der Waals surface area (Å²) < 4.78 is 19.8. The summed E-state index contributed by atoms with van der Waals surface area (Å²) >= 11 is 5.86. The highest BCUT2D eigenvalue weighted by atomic mass is 35.5. The maximum atomic E-state index is 14.0. The summed E-state index contributed by atoms with van der Waals surface area (Å²) in [6, 6.07) is 10.3. The normalized spacial score (nSPS) is 21.8. The standard InChI is InChI=1S/C18H20ClFN2O2/c19-15-5-6-16(21-10-15)11-22-7-8-24-18(12-22,13-23)9-14-3-1-2-4-17(14)20/h1-6,10,23H,7-9,11-13H2/t18-/m1/s1. The van der Waals surface area contributed by atoms with Crippen LogP contribution in [0, 0.1) is 5.82 Å². The molecule has 0 radical (unpaired) electrons. The first kappa shape index (κ1) is 17.3. The summed E-state index contributed by atoms with van der Waals surface area (Å²) in [6.45, 7) is 2.22. The van der Waals surface area contributed by atoms with Crippen molar-refractivity contribution in [3.63, 3.8) is 0 Å². The van der Waals surface area contributed by atoms with Crippen molar-refractivity contribution in [2.75, 3.05) is 26.3 Å². The van der Waals surface area contributed by atoms with Crippen LogP contribution in [0.1, 0.15) is 11.3 Å². The number of halogens is 2. The molecule has 0 saturated carbocycles. The lowest BCUT2D eigenvalue weighted by atomic mass is 9.92. The van der Waals surface area contributed by atoms with E-state index in [1.165, 1.54) is 6.07 Å². The van der Waals surface area contributed by atoms with Gasteiger partial charge in [-0.05, 0) is 23.8 Å². The van der Waals surface area contributed by atoms with E-state index in [0.29, 0.717) is 36.7 Å². The molecule has 0 amide bonds. The molecule has 0 unspecified atom stereocenters. The molecule has 1 N–H and O–H groups in total. The summed E-state index contributed by atoms with van der Waals surface area (Å²) in [4.78, 5) is 6.47. The van der Waals surface area contributed by atoms with Crippen LogP contribution in [0.4, 0.5) is 4.39 Å². The Balaban J connectivity index is 1.72.